The van der Waals surface area contributed by atoms with Crippen LogP contribution in [0.25, 0.3) is 11.3 Å². The second kappa shape index (κ2) is 8.80. The van der Waals surface area contributed by atoms with Gasteiger partial charge in [-0.3, -0.25) is 9.59 Å². The molecular formula is C22H14ClF2N5O3. The summed E-state index contributed by atoms with van der Waals surface area (Å²) in [7, 11) is 1.50. The molecule has 1 aliphatic rings. The average Bonchev–Trinajstić information content (AvgIpc) is 2.92. The number of aromatic nitrogens is 2. The molecule has 1 N–H and O–H groups in total. The summed E-state index contributed by atoms with van der Waals surface area (Å²) in [4.78, 5) is 34.8. The third-order valence-electron chi connectivity index (χ3n) is 4.92. The molecule has 0 unspecified atom stereocenters. The summed E-state index contributed by atoms with van der Waals surface area (Å²) >= 11 is 6.04. The number of hydrogen-bond donors (Lipinski definition) is 1. The molecule has 1 aliphatic heterocycles. The summed E-state index contributed by atoms with van der Waals surface area (Å²) in [6, 6.07) is 8.23. The number of fused-ring (bicyclic) bond motifs is 1. The Balaban J connectivity index is 1.59. The number of anilines is 1. The topological polar surface area (TPSA) is 108 Å². The Labute approximate surface area is 191 Å². The van der Waals surface area contributed by atoms with Gasteiger partial charge in [0, 0.05) is 18.7 Å². The van der Waals surface area contributed by atoms with Gasteiger partial charge in [-0.05, 0) is 30.3 Å². The molecule has 2 aromatic carbocycles. The van der Waals surface area contributed by atoms with E-state index in [0.29, 0.717) is 17.0 Å². The van der Waals surface area contributed by atoms with Crippen molar-refractivity contribution in [2.45, 2.75) is 6.04 Å². The van der Waals surface area contributed by atoms with Crippen molar-refractivity contribution in [3.05, 3.63) is 70.6 Å². The van der Waals surface area contributed by atoms with Crippen molar-refractivity contribution in [2.24, 2.45) is 0 Å². The maximum absolute atomic E-state index is 14.2. The normalized spacial score (nSPS) is 15.2. The number of rotatable bonds is 3. The second-order valence-electron chi connectivity index (χ2n) is 7.04. The standard InChI is InChI=1S/C22H14ClF2N5O3/c1-30-17-5-2-11(8-26)6-18(17)33-10-16(22(30)32)28-21(31)20-27-9-14(23)19(29-20)13-7-12(24)3-4-15(13)25/h2-7,9,16H,10H2,1H3,(H,28,31)/t16-/m0/s1. The van der Waals surface area contributed by atoms with E-state index in [1.807, 2.05) is 6.07 Å². The fourth-order valence-corrected chi connectivity index (χ4v) is 3.44. The third-order valence-corrected chi connectivity index (χ3v) is 5.20. The van der Waals surface area contributed by atoms with Gasteiger partial charge in [-0.15, -0.1) is 0 Å². The molecule has 3 aromatic rings. The molecule has 1 atom stereocenters. The van der Waals surface area contributed by atoms with Gasteiger partial charge in [-0.25, -0.2) is 18.7 Å². The van der Waals surface area contributed by atoms with Gasteiger partial charge < -0.3 is 15.0 Å². The minimum absolute atomic E-state index is 0.0894. The SMILES string of the molecule is CN1C(=O)[C@@H](NC(=O)c2ncc(Cl)c(-c3cc(F)ccc3F)n2)COc2cc(C#N)ccc21. The zero-order valence-corrected chi connectivity index (χ0v) is 17.7. The van der Waals surface area contributed by atoms with Crippen molar-refractivity contribution >= 4 is 29.1 Å². The summed E-state index contributed by atoms with van der Waals surface area (Å²) in [5.41, 5.74) is 0.366. The predicted molar refractivity (Wildman–Crippen MR) is 114 cm³/mol. The zero-order chi connectivity index (χ0) is 23.7. The maximum atomic E-state index is 14.2. The highest BCUT2D eigenvalue weighted by Gasteiger charge is 2.31. The molecule has 0 bridgehead atoms. The number of ether oxygens (including phenoxy) is 1. The molecule has 0 fully saturated rings. The Hall–Kier alpha value is -4.10. The molecule has 0 saturated heterocycles. The Kier molecular flexibility index (Phi) is 5.89. The lowest BCUT2D eigenvalue weighted by atomic mass is 10.1. The Morgan fingerprint density at radius 2 is 2.09 bits per heavy atom. The van der Waals surface area contributed by atoms with E-state index in [9.17, 15) is 18.4 Å². The smallest absolute Gasteiger partial charge is 0.289 e. The minimum atomic E-state index is -1.10. The van der Waals surface area contributed by atoms with Crippen LogP contribution in [0.1, 0.15) is 16.2 Å². The van der Waals surface area contributed by atoms with Crippen LogP contribution in [-0.2, 0) is 4.79 Å². The minimum Gasteiger partial charge on any atom is -0.489 e. The number of halogens is 3. The lowest BCUT2D eigenvalue weighted by Crippen LogP contribution is -2.49. The average molecular weight is 470 g/mol. The van der Waals surface area contributed by atoms with Gasteiger partial charge in [-0.1, -0.05) is 11.6 Å². The number of carbonyl (C=O) groups is 2. The number of amides is 2. The summed E-state index contributed by atoms with van der Waals surface area (Å²) in [6.07, 6.45) is 1.08. The number of hydrogen-bond acceptors (Lipinski definition) is 6. The molecule has 1 aromatic heterocycles. The molecule has 0 spiro atoms. The summed E-state index contributed by atoms with van der Waals surface area (Å²) < 4.78 is 33.4. The molecular weight excluding hydrogens is 456 g/mol. The lowest BCUT2D eigenvalue weighted by Gasteiger charge is -2.20. The van der Waals surface area contributed by atoms with Gasteiger partial charge >= 0.3 is 0 Å². The van der Waals surface area contributed by atoms with Gasteiger partial charge in [0.25, 0.3) is 11.8 Å². The van der Waals surface area contributed by atoms with E-state index in [0.717, 1.165) is 24.4 Å². The fourth-order valence-electron chi connectivity index (χ4n) is 3.24. The van der Waals surface area contributed by atoms with Crippen LogP contribution in [0.4, 0.5) is 14.5 Å². The van der Waals surface area contributed by atoms with E-state index in [4.69, 9.17) is 21.6 Å². The van der Waals surface area contributed by atoms with Gasteiger partial charge in [-0.2, -0.15) is 5.26 Å². The van der Waals surface area contributed by atoms with Crippen molar-refractivity contribution in [1.29, 1.82) is 5.26 Å². The van der Waals surface area contributed by atoms with Crippen LogP contribution in [-0.4, -0.2) is 41.5 Å². The molecule has 11 heteroatoms. The first-order valence-electron chi connectivity index (χ1n) is 9.52. The van der Waals surface area contributed by atoms with E-state index in [1.165, 1.54) is 18.0 Å². The van der Waals surface area contributed by atoms with Crippen LogP contribution in [0, 0.1) is 23.0 Å². The van der Waals surface area contributed by atoms with Crippen molar-refractivity contribution in [3.8, 4) is 23.1 Å². The molecule has 166 valence electrons. The highest BCUT2D eigenvalue weighted by atomic mass is 35.5. The largest absolute Gasteiger partial charge is 0.489 e. The first-order valence-corrected chi connectivity index (χ1v) is 9.89. The number of nitriles is 1. The summed E-state index contributed by atoms with van der Waals surface area (Å²) in [5, 5.41) is 11.5. The highest BCUT2D eigenvalue weighted by Crippen LogP contribution is 2.32. The van der Waals surface area contributed by atoms with Crippen LogP contribution in [0.5, 0.6) is 5.75 Å². The first-order chi connectivity index (χ1) is 15.8. The second-order valence-corrected chi connectivity index (χ2v) is 7.45. The number of likely N-dealkylation sites (N-methyl/N-ethyl adjacent to an activating group) is 1. The fraction of sp³-hybridized carbons (Fsp3) is 0.136. The van der Waals surface area contributed by atoms with Gasteiger partial charge in [0.1, 0.15) is 30.0 Å². The summed E-state index contributed by atoms with van der Waals surface area (Å²) in [6.45, 7) is -0.213. The van der Waals surface area contributed by atoms with Crippen molar-refractivity contribution in [2.75, 3.05) is 18.6 Å². The zero-order valence-electron chi connectivity index (χ0n) is 17.0. The van der Waals surface area contributed by atoms with Crippen molar-refractivity contribution in [1.82, 2.24) is 15.3 Å². The summed E-state index contributed by atoms with van der Waals surface area (Å²) in [5.74, 6) is -2.90. The Bertz CT molecular complexity index is 1330. The van der Waals surface area contributed by atoms with Crippen molar-refractivity contribution in [3.63, 3.8) is 0 Å². The van der Waals surface area contributed by atoms with Crippen LogP contribution >= 0.6 is 11.6 Å². The van der Waals surface area contributed by atoms with Crippen LogP contribution in [0.3, 0.4) is 0 Å². The van der Waals surface area contributed by atoms with E-state index in [1.54, 1.807) is 12.1 Å². The molecule has 4 rings (SSSR count). The molecule has 0 aliphatic carbocycles. The first kappa shape index (κ1) is 22.1. The number of nitrogens with zero attached hydrogens (tertiary/aromatic N) is 4. The monoisotopic (exact) mass is 469 g/mol. The maximum Gasteiger partial charge on any atom is 0.289 e. The third kappa shape index (κ3) is 4.31. The van der Waals surface area contributed by atoms with E-state index < -0.39 is 35.3 Å². The van der Waals surface area contributed by atoms with Crippen LogP contribution in [0.15, 0.2) is 42.6 Å². The van der Waals surface area contributed by atoms with E-state index >= 15 is 0 Å². The molecule has 33 heavy (non-hydrogen) atoms. The molecule has 0 radical (unpaired) electrons. The predicted octanol–water partition coefficient (Wildman–Crippen LogP) is 3.10. The van der Waals surface area contributed by atoms with E-state index in [-0.39, 0.29) is 22.9 Å². The Morgan fingerprint density at radius 3 is 2.85 bits per heavy atom. The number of carbonyl (C=O) groups excluding carboxylic acids is 2. The molecule has 8 nitrogen and oxygen atoms in total. The number of benzene rings is 2. The van der Waals surface area contributed by atoms with Crippen molar-refractivity contribution < 1.29 is 23.1 Å². The van der Waals surface area contributed by atoms with Gasteiger partial charge in [0.15, 0.2) is 0 Å². The molecule has 2 heterocycles. The van der Waals surface area contributed by atoms with Crippen LogP contribution in [0.2, 0.25) is 5.02 Å². The Morgan fingerprint density at radius 1 is 1.30 bits per heavy atom. The molecule has 2 amide bonds. The van der Waals surface area contributed by atoms with Crippen LogP contribution < -0.4 is 15.0 Å². The van der Waals surface area contributed by atoms with E-state index in [2.05, 4.69) is 15.3 Å². The number of nitrogens with one attached hydrogen (secondary N) is 1. The quantitative estimate of drug-likeness (QED) is 0.631. The highest BCUT2D eigenvalue weighted by molar-refractivity contribution is 6.33. The van der Waals surface area contributed by atoms with Gasteiger partial charge in [0.05, 0.1) is 34.2 Å². The molecule has 0 saturated carbocycles. The lowest BCUT2D eigenvalue weighted by molar-refractivity contribution is -0.120. The van der Waals surface area contributed by atoms with Gasteiger partial charge in [0.2, 0.25) is 5.82 Å².